The van der Waals surface area contributed by atoms with Gasteiger partial charge in [0.05, 0.1) is 31.5 Å². The highest BCUT2D eigenvalue weighted by Crippen LogP contribution is 2.35. The molecule has 2 aliphatic heterocycles. The number of ether oxygens (including phenoxy) is 2. The van der Waals surface area contributed by atoms with Gasteiger partial charge in [0.1, 0.15) is 5.75 Å². The fourth-order valence-corrected chi connectivity index (χ4v) is 2.59. The average molecular weight is 220 g/mol. The third-order valence-electron chi connectivity index (χ3n) is 3.45. The molecule has 0 radical (unpaired) electrons. The van der Waals surface area contributed by atoms with Crippen LogP contribution < -0.4 is 15.4 Å². The molecule has 2 saturated heterocycles. The normalized spacial score (nSPS) is 27.4. The van der Waals surface area contributed by atoms with Gasteiger partial charge in [0.15, 0.2) is 0 Å². The van der Waals surface area contributed by atoms with E-state index in [1.807, 2.05) is 12.1 Å². The molecule has 0 aliphatic carbocycles. The minimum Gasteiger partial charge on any atom is -0.495 e. The molecule has 1 aromatic rings. The first-order chi connectivity index (χ1) is 7.78. The molecule has 2 unspecified atom stereocenters. The Kier molecular flexibility index (Phi) is 2.17. The van der Waals surface area contributed by atoms with E-state index in [1.54, 1.807) is 7.11 Å². The predicted octanol–water partition coefficient (Wildman–Crippen LogP) is 1.25. The number of rotatable bonds is 2. The predicted molar refractivity (Wildman–Crippen MR) is 62.9 cm³/mol. The second kappa shape index (κ2) is 3.56. The molecule has 0 spiro atoms. The van der Waals surface area contributed by atoms with Gasteiger partial charge in [-0.1, -0.05) is 0 Å². The molecule has 0 amide bonds. The molecule has 86 valence electrons. The van der Waals surface area contributed by atoms with Gasteiger partial charge < -0.3 is 20.1 Å². The number of methoxy groups -OCH3 is 1. The molecule has 0 saturated carbocycles. The Morgan fingerprint density at radius 1 is 1.50 bits per heavy atom. The highest BCUT2D eigenvalue weighted by Gasteiger charge is 2.39. The summed E-state index contributed by atoms with van der Waals surface area (Å²) in [5.74, 6) is 0.751. The molecule has 2 N–H and O–H groups in total. The number of hydrogen-bond acceptors (Lipinski definition) is 4. The van der Waals surface area contributed by atoms with E-state index < -0.39 is 0 Å². The number of benzene rings is 1. The molecule has 16 heavy (non-hydrogen) atoms. The number of fused-ring (bicyclic) bond motifs is 2. The van der Waals surface area contributed by atoms with Gasteiger partial charge in [-0.05, 0) is 18.6 Å². The maximum atomic E-state index is 5.81. The minimum absolute atomic E-state index is 0.411. The first kappa shape index (κ1) is 9.78. The lowest BCUT2D eigenvalue weighted by molar-refractivity contribution is 0.0991. The molecule has 2 aliphatic rings. The molecular formula is C12H16N2O2. The van der Waals surface area contributed by atoms with Gasteiger partial charge >= 0.3 is 0 Å². The molecule has 4 heteroatoms. The summed E-state index contributed by atoms with van der Waals surface area (Å²) in [5.41, 5.74) is 7.68. The van der Waals surface area contributed by atoms with Crippen molar-refractivity contribution in [1.29, 1.82) is 0 Å². The van der Waals surface area contributed by atoms with Crippen molar-refractivity contribution in [3.05, 3.63) is 18.2 Å². The Morgan fingerprint density at radius 3 is 3.00 bits per heavy atom. The molecule has 1 aromatic carbocycles. The molecule has 3 rings (SSSR count). The van der Waals surface area contributed by atoms with Crippen LogP contribution in [0.1, 0.15) is 6.42 Å². The monoisotopic (exact) mass is 220 g/mol. The SMILES string of the molecule is COc1cc(N2CC3CC2CO3)ccc1N. The molecule has 2 atom stereocenters. The third-order valence-corrected chi connectivity index (χ3v) is 3.45. The summed E-state index contributed by atoms with van der Waals surface area (Å²) in [7, 11) is 1.65. The minimum atomic E-state index is 0.411. The number of nitrogens with two attached hydrogens (primary N) is 1. The van der Waals surface area contributed by atoms with Crippen LogP contribution in [-0.4, -0.2) is 32.4 Å². The van der Waals surface area contributed by atoms with Gasteiger partial charge in [-0.15, -0.1) is 0 Å². The molecule has 2 heterocycles. The summed E-state index contributed by atoms with van der Waals surface area (Å²) < 4.78 is 10.8. The summed E-state index contributed by atoms with van der Waals surface area (Å²) in [6.07, 6.45) is 1.56. The van der Waals surface area contributed by atoms with E-state index in [2.05, 4.69) is 11.0 Å². The average Bonchev–Trinajstić information content (AvgIpc) is 2.91. The Hall–Kier alpha value is -1.42. The van der Waals surface area contributed by atoms with Crippen molar-refractivity contribution < 1.29 is 9.47 Å². The van der Waals surface area contributed by atoms with Crippen LogP contribution in [0.2, 0.25) is 0 Å². The van der Waals surface area contributed by atoms with Crippen molar-refractivity contribution in [1.82, 2.24) is 0 Å². The zero-order valence-corrected chi connectivity index (χ0v) is 9.35. The summed E-state index contributed by atoms with van der Waals surface area (Å²) in [4.78, 5) is 2.39. The second-order valence-corrected chi connectivity index (χ2v) is 4.42. The van der Waals surface area contributed by atoms with E-state index in [4.69, 9.17) is 15.2 Å². The van der Waals surface area contributed by atoms with Crippen LogP contribution in [0.15, 0.2) is 18.2 Å². The fourth-order valence-electron chi connectivity index (χ4n) is 2.59. The van der Waals surface area contributed by atoms with Gasteiger partial charge in [-0.25, -0.2) is 0 Å². The lowest BCUT2D eigenvalue weighted by Gasteiger charge is -2.29. The summed E-state index contributed by atoms with van der Waals surface area (Å²) in [6, 6.07) is 6.49. The Labute approximate surface area is 94.9 Å². The van der Waals surface area contributed by atoms with E-state index in [9.17, 15) is 0 Å². The molecular weight excluding hydrogens is 204 g/mol. The summed E-state index contributed by atoms with van der Waals surface area (Å²) >= 11 is 0. The fraction of sp³-hybridized carbons (Fsp3) is 0.500. The number of nitrogen functional groups attached to an aromatic ring is 1. The van der Waals surface area contributed by atoms with Crippen LogP contribution in [0.3, 0.4) is 0 Å². The van der Waals surface area contributed by atoms with Crippen LogP contribution in [0, 0.1) is 0 Å². The standard InChI is InChI=1S/C12H16N2O2/c1-15-12-5-8(2-3-11(12)13)14-6-10-4-9(14)7-16-10/h2-3,5,9-10H,4,6-7,13H2,1H3. The second-order valence-electron chi connectivity index (χ2n) is 4.42. The molecule has 0 aromatic heterocycles. The summed E-state index contributed by atoms with van der Waals surface area (Å²) in [6.45, 7) is 1.83. The Balaban J connectivity index is 1.89. The van der Waals surface area contributed by atoms with Gasteiger partial charge in [0, 0.05) is 18.3 Å². The van der Waals surface area contributed by atoms with Crippen molar-refractivity contribution >= 4 is 11.4 Å². The largest absolute Gasteiger partial charge is 0.495 e. The van der Waals surface area contributed by atoms with E-state index in [0.717, 1.165) is 25.3 Å². The highest BCUT2D eigenvalue weighted by atomic mass is 16.5. The quantitative estimate of drug-likeness (QED) is 0.762. The van der Waals surface area contributed by atoms with Crippen molar-refractivity contribution in [2.24, 2.45) is 0 Å². The van der Waals surface area contributed by atoms with Crippen LogP contribution in [0.25, 0.3) is 0 Å². The zero-order chi connectivity index (χ0) is 11.1. The van der Waals surface area contributed by atoms with Gasteiger partial charge in [0.2, 0.25) is 0 Å². The van der Waals surface area contributed by atoms with Crippen LogP contribution in [0.4, 0.5) is 11.4 Å². The molecule has 2 bridgehead atoms. The topological polar surface area (TPSA) is 47.7 Å². The highest BCUT2D eigenvalue weighted by molar-refractivity contribution is 5.63. The first-order valence-corrected chi connectivity index (χ1v) is 5.59. The molecule has 4 nitrogen and oxygen atoms in total. The lowest BCUT2D eigenvalue weighted by Crippen LogP contribution is -2.36. The van der Waals surface area contributed by atoms with Crippen molar-refractivity contribution in [3.63, 3.8) is 0 Å². The van der Waals surface area contributed by atoms with Crippen LogP contribution in [0.5, 0.6) is 5.75 Å². The van der Waals surface area contributed by atoms with Crippen LogP contribution >= 0.6 is 0 Å². The van der Waals surface area contributed by atoms with Crippen LogP contribution in [-0.2, 0) is 4.74 Å². The number of nitrogens with zero attached hydrogens (tertiary/aromatic N) is 1. The first-order valence-electron chi connectivity index (χ1n) is 5.59. The Morgan fingerprint density at radius 2 is 2.38 bits per heavy atom. The lowest BCUT2D eigenvalue weighted by atomic mass is 10.2. The number of anilines is 2. The number of hydrogen-bond donors (Lipinski definition) is 1. The van der Waals surface area contributed by atoms with E-state index >= 15 is 0 Å². The van der Waals surface area contributed by atoms with E-state index in [0.29, 0.717) is 17.8 Å². The zero-order valence-electron chi connectivity index (χ0n) is 9.35. The van der Waals surface area contributed by atoms with Gasteiger partial charge in [0.25, 0.3) is 0 Å². The van der Waals surface area contributed by atoms with Gasteiger partial charge in [-0.2, -0.15) is 0 Å². The maximum absolute atomic E-state index is 5.81. The van der Waals surface area contributed by atoms with E-state index in [1.165, 1.54) is 5.69 Å². The maximum Gasteiger partial charge on any atom is 0.143 e. The third kappa shape index (κ3) is 1.41. The van der Waals surface area contributed by atoms with Crippen molar-refractivity contribution in [2.75, 3.05) is 30.9 Å². The number of morpholine rings is 1. The smallest absolute Gasteiger partial charge is 0.143 e. The molecule has 2 fully saturated rings. The Bertz CT molecular complexity index is 408. The van der Waals surface area contributed by atoms with E-state index in [-0.39, 0.29) is 0 Å². The van der Waals surface area contributed by atoms with Crippen molar-refractivity contribution in [2.45, 2.75) is 18.6 Å². The van der Waals surface area contributed by atoms with Gasteiger partial charge in [-0.3, -0.25) is 0 Å². The van der Waals surface area contributed by atoms with Crippen molar-refractivity contribution in [3.8, 4) is 5.75 Å². The summed E-state index contributed by atoms with van der Waals surface area (Å²) in [5, 5.41) is 0.